The van der Waals surface area contributed by atoms with E-state index in [4.69, 9.17) is 14.2 Å². The fourth-order valence-electron chi connectivity index (χ4n) is 4.01. The van der Waals surface area contributed by atoms with Gasteiger partial charge in [-0.3, -0.25) is 0 Å². The molecule has 9 heteroatoms. The average Bonchev–Trinajstić information content (AvgIpc) is 2.95. The zero-order valence-electron chi connectivity index (χ0n) is 20.8. The lowest BCUT2D eigenvalue weighted by atomic mass is 9.91. The third-order valence-electron chi connectivity index (χ3n) is 5.92. The molecule has 4 aromatic carbocycles. The molecule has 0 bridgehead atoms. The molecule has 5 nitrogen and oxygen atoms in total. The molecule has 0 aromatic heterocycles. The van der Waals surface area contributed by atoms with Gasteiger partial charge in [0.1, 0.15) is 18.2 Å². The number of alkyl halides is 3. The summed E-state index contributed by atoms with van der Waals surface area (Å²) in [5.41, 5.74) is 1.13. The van der Waals surface area contributed by atoms with Gasteiger partial charge >= 0.3 is 18.1 Å². The first-order valence-electron chi connectivity index (χ1n) is 11.6. The monoisotopic (exact) mass is 538 g/mol. The molecule has 0 unspecified atom stereocenters. The van der Waals surface area contributed by atoms with Crippen molar-refractivity contribution < 1.29 is 41.4 Å². The van der Waals surface area contributed by atoms with Crippen molar-refractivity contribution in [1.82, 2.24) is 0 Å². The fraction of sp³-hybridized carbons (Fsp3) is 0.133. The van der Waals surface area contributed by atoms with Crippen LogP contribution in [0.3, 0.4) is 0 Å². The summed E-state index contributed by atoms with van der Waals surface area (Å²) >= 11 is 0. The molecule has 4 rings (SSSR count). The van der Waals surface area contributed by atoms with Crippen molar-refractivity contribution in [2.45, 2.75) is 12.8 Å². The summed E-state index contributed by atoms with van der Waals surface area (Å²) in [6, 6.07) is 19.5. The first-order valence-corrected chi connectivity index (χ1v) is 11.6. The number of esters is 2. The highest BCUT2D eigenvalue weighted by molar-refractivity contribution is 5.99. The van der Waals surface area contributed by atoms with Crippen LogP contribution in [0.1, 0.15) is 31.8 Å². The summed E-state index contributed by atoms with van der Waals surface area (Å²) in [6.07, 6.45) is -4.62. The van der Waals surface area contributed by atoms with Crippen LogP contribution >= 0.6 is 0 Å². The van der Waals surface area contributed by atoms with Crippen molar-refractivity contribution in [1.29, 1.82) is 0 Å². The van der Waals surface area contributed by atoms with E-state index in [-0.39, 0.29) is 29.0 Å². The zero-order valence-corrected chi connectivity index (χ0v) is 20.8. The molecule has 0 aliphatic carbocycles. The Morgan fingerprint density at radius 3 is 1.87 bits per heavy atom. The number of hydrogen-bond donors (Lipinski definition) is 0. The number of hydrogen-bond acceptors (Lipinski definition) is 5. The van der Waals surface area contributed by atoms with E-state index in [2.05, 4.69) is 0 Å². The van der Waals surface area contributed by atoms with Crippen LogP contribution in [0.5, 0.6) is 5.75 Å². The lowest BCUT2D eigenvalue weighted by molar-refractivity contribution is -0.137. The first-order chi connectivity index (χ1) is 18.6. The predicted molar refractivity (Wildman–Crippen MR) is 136 cm³/mol. The number of ether oxygens (including phenoxy) is 3. The maximum Gasteiger partial charge on any atom is 0.416 e. The van der Waals surface area contributed by atoms with E-state index >= 15 is 0 Å². The maximum absolute atomic E-state index is 13.7. The summed E-state index contributed by atoms with van der Waals surface area (Å²) in [7, 11) is 2.38. The molecule has 0 aliphatic rings. The van der Waals surface area contributed by atoms with Gasteiger partial charge in [0.15, 0.2) is 0 Å². The van der Waals surface area contributed by atoms with E-state index in [0.29, 0.717) is 22.3 Å². The molecular weight excluding hydrogens is 516 g/mol. The molecule has 0 N–H and O–H groups in total. The Hall–Kier alpha value is -4.66. The van der Waals surface area contributed by atoms with E-state index in [1.807, 2.05) is 0 Å². The molecule has 0 saturated carbocycles. The normalized spacial score (nSPS) is 11.1. The van der Waals surface area contributed by atoms with Gasteiger partial charge in [-0.25, -0.2) is 14.0 Å². The number of rotatable bonds is 7. The number of benzene rings is 4. The second-order valence-corrected chi connectivity index (χ2v) is 8.45. The second-order valence-electron chi connectivity index (χ2n) is 8.45. The number of halogens is 4. The van der Waals surface area contributed by atoms with Gasteiger partial charge < -0.3 is 14.2 Å². The molecular formula is C30H22F4O5. The summed E-state index contributed by atoms with van der Waals surface area (Å²) < 4.78 is 69.9. The quantitative estimate of drug-likeness (QED) is 0.182. The number of carbonyl (C=O) groups is 2. The van der Waals surface area contributed by atoms with Gasteiger partial charge in [-0.15, -0.1) is 0 Å². The van der Waals surface area contributed by atoms with Gasteiger partial charge in [-0.1, -0.05) is 36.4 Å². The maximum atomic E-state index is 13.7. The highest BCUT2D eigenvalue weighted by atomic mass is 19.4. The Labute approximate surface area is 221 Å². The largest absolute Gasteiger partial charge is 0.488 e. The van der Waals surface area contributed by atoms with Crippen LogP contribution in [0.15, 0.2) is 84.9 Å². The fourth-order valence-corrected chi connectivity index (χ4v) is 4.01. The molecule has 0 saturated heterocycles. The highest BCUT2D eigenvalue weighted by Crippen LogP contribution is 2.41. The van der Waals surface area contributed by atoms with Crippen LogP contribution in [0, 0.1) is 5.82 Å². The van der Waals surface area contributed by atoms with Gasteiger partial charge in [-0.2, -0.15) is 13.2 Å². The molecule has 4 aromatic rings. The van der Waals surface area contributed by atoms with Crippen molar-refractivity contribution in [2.24, 2.45) is 0 Å². The van der Waals surface area contributed by atoms with E-state index in [1.165, 1.54) is 62.8 Å². The minimum Gasteiger partial charge on any atom is -0.488 e. The number of carbonyl (C=O) groups excluding carboxylic acids is 2. The van der Waals surface area contributed by atoms with Gasteiger partial charge in [0.05, 0.1) is 30.9 Å². The topological polar surface area (TPSA) is 61.8 Å². The van der Waals surface area contributed by atoms with Crippen LogP contribution in [-0.4, -0.2) is 26.2 Å². The minimum atomic E-state index is -4.62. The summed E-state index contributed by atoms with van der Waals surface area (Å²) in [4.78, 5) is 24.6. The minimum absolute atomic E-state index is 0.0227. The van der Waals surface area contributed by atoms with Crippen molar-refractivity contribution in [3.05, 3.63) is 113 Å². The van der Waals surface area contributed by atoms with Crippen LogP contribution in [-0.2, 0) is 22.3 Å². The highest BCUT2D eigenvalue weighted by Gasteiger charge is 2.31. The van der Waals surface area contributed by atoms with E-state index in [1.54, 1.807) is 24.3 Å². The van der Waals surface area contributed by atoms with Crippen LogP contribution in [0.2, 0.25) is 0 Å². The van der Waals surface area contributed by atoms with Gasteiger partial charge in [0.2, 0.25) is 0 Å². The summed E-state index contributed by atoms with van der Waals surface area (Å²) in [5.74, 6) is -1.69. The molecule has 0 aliphatic heterocycles. The molecule has 200 valence electrons. The summed E-state index contributed by atoms with van der Waals surface area (Å²) in [6.45, 7) is -0.0227. The van der Waals surface area contributed by atoms with Crippen LogP contribution < -0.4 is 4.74 Å². The van der Waals surface area contributed by atoms with E-state index < -0.39 is 29.5 Å². The standard InChI is InChI=1S/C30H22F4O5/c1-37-28(35)20-13-19(14-21(15-20)29(36)38-2)24-5-3-4-6-25(24)26-16-22(30(32,33)34)9-12-27(26)39-17-18-7-10-23(31)11-8-18/h3-16H,17H2,1-2H3. The first kappa shape index (κ1) is 27.4. The SMILES string of the molecule is COC(=O)c1cc(C(=O)OC)cc(-c2ccccc2-c2cc(C(F)(F)F)ccc2OCc2ccc(F)cc2)c1. The van der Waals surface area contributed by atoms with Crippen LogP contribution in [0.25, 0.3) is 22.3 Å². The van der Waals surface area contributed by atoms with E-state index in [9.17, 15) is 27.2 Å². The molecule has 0 fully saturated rings. The molecule has 0 heterocycles. The van der Waals surface area contributed by atoms with Gasteiger partial charge in [0, 0.05) is 5.56 Å². The zero-order chi connectivity index (χ0) is 28.2. The average molecular weight is 538 g/mol. The lowest BCUT2D eigenvalue weighted by Crippen LogP contribution is -2.07. The Bertz CT molecular complexity index is 1480. The summed E-state index contributed by atoms with van der Waals surface area (Å²) in [5, 5.41) is 0. The van der Waals surface area contributed by atoms with Crippen molar-refractivity contribution in [3.8, 4) is 28.0 Å². The molecule has 0 radical (unpaired) electrons. The van der Waals surface area contributed by atoms with Crippen molar-refractivity contribution in [3.63, 3.8) is 0 Å². The van der Waals surface area contributed by atoms with Gasteiger partial charge in [-0.05, 0) is 70.8 Å². The van der Waals surface area contributed by atoms with Gasteiger partial charge in [0.25, 0.3) is 0 Å². The van der Waals surface area contributed by atoms with Crippen LogP contribution in [0.4, 0.5) is 17.6 Å². The predicted octanol–water partition coefficient (Wildman–Crippen LogP) is 7.33. The second kappa shape index (κ2) is 11.4. The van der Waals surface area contributed by atoms with Crippen molar-refractivity contribution >= 4 is 11.9 Å². The molecule has 0 spiro atoms. The number of methoxy groups -OCH3 is 2. The molecule has 39 heavy (non-hydrogen) atoms. The third-order valence-corrected chi connectivity index (χ3v) is 5.92. The third kappa shape index (κ3) is 6.26. The Morgan fingerprint density at radius 1 is 0.718 bits per heavy atom. The van der Waals surface area contributed by atoms with E-state index in [0.717, 1.165) is 12.1 Å². The Balaban J connectivity index is 1.88. The molecule has 0 amide bonds. The smallest absolute Gasteiger partial charge is 0.416 e. The Kier molecular flexibility index (Phi) is 7.99. The molecule has 0 atom stereocenters. The van der Waals surface area contributed by atoms with Crippen molar-refractivity contribution in [2.75, 3.05) is 14.2 Å². The lowest BCUT2D eigenvalue weighted by Gasteiger charge is -2.18. The Morgan fingerprint density at radius 2 is 1.31 bits per heavy atom.